The van der Waals surface area contributed by atoms with Crippen molar-refractivity contribution in [3.63, 3.8) is 0 Å². The van der Waals surface area contributed by atoms with E-state index in [1.165, 1.54) is 7.11 Å². The molecular formula is C21H24ClNO4. The van der Waals surface area contributed by atoms with Gasteiger partial charge in [0.15, 0.2) is 0 Å². The molecule has 1 amide bonds. The topological polar surface area (TPSA) is 55.8 Å². The number of carbonyl (C=O) groups is 2. The minimum absolute atomic E-state index is 0.181. The molecular weight excluding hydrogens is 366 g/mol. The van der Waals surface area contributed by atoms with Crippen LogP contribution >= 0.6 is 11.6 Å². The van der Waals surface area contributed by atoms with Crippen molar-refractivity contribution in [2.75, 3.05) is 20.2 Å². The van der Waals surface area contributed by atoms with Crippen LogP contribution in [-0.4, -0.2) is 37.0 Å². The van der Waals surface area contributed by atoms with Gasteiger partial charge in [0.2, 0.25) is 0 Å². The molecule has 0 aliphatic rings. The van der Waals surface area contributed by atoms with Gasteiger partial charge in [0.05, 0.1) is 18.6 Å². The van der Waals surface area contributed by atoms with Gasteiger partial charge in [-0.05, 0) is 36.8 Å². The fourth-order valence-corrected chi connectivity index (χ4v) is 2.77. The predicted octanol–water partition coefficient (Wildman–Crippen LogP) is 4.19. The number of benzene rings is 2. The second kappa shape index (κ2) is 9.97. The summed E-state index contributed by atoms with van der Waals surface area (Å²) >= 11 is 5.90. The Morgan fingerprint density at radius 3 is 2.41 bits per heavy atom. The van der Waals surface area contributed by atoms with E-state index in [1.807, 2.05) is 25.1 Å². The van der Waals surface area contributed by atoms with Gasteiger partial charge in [0.1, 0.15) is 12.4 Å². The van der Waals surface area contributed by atoms with Crippen LogP contribution in [0.2, 0.25) is 5.02 Å². The smallest absolute Gasteiger partial charge is 0.310 e. The van der Waals surface area contributed by atoms with E-state index in [-0.39, 0.29) is 18.4 Å². The number of hydrogen-bond acceptors (Lipinski definition) is 4. The highest BCUT2D eigenvalue weighted by Crippen LogP contribution is 2.22. The lowest BCUT2D eigenvalue weighted by Gasteiger charge is -2.24. The van der Waals surface area contributed by atoms with Crippen molar-refractivity contribution >= 4 is 23.5 Å². The molecule has 0 saturated carbocycles. The van der Waals surface area contributed by atoms with Gasteiger partial charge in [0, 0.05) is 18.1 Å². The van der Waals surface area contributed by atoms with Gasteiger partial charge in [-0.15, -0.1) is 0 Å². The molecule has 6 heteroatoms. The Labute approximate surface area is 164 Å². The Hall–Kier alpha value is -2.53. The zero-order valence-corrected chi connectivity index (χ0v) is 16.5. The standard InChI is InChI=1S/C21H24ClNO4/c1-4-23(13-15(2)21(25)26-3)20(24)18-7-5-6-8-19(18)27-14-16-9-11-17(22)12-10-16/h5-12,15H,4,13-14H2,1-3H3. The van der Waals surface area contributed by atoms with E-state index in [0.29, 0.717) is 29.5 Å². The van der Waals surface area contributed by atoms with Crippen LogP contribution in [0.5, 0.6) is 5.75 Å². The fourth-order valence-electron chi connectivity index (χ4n) is 2.64. The third-order valence-electron chi connectivity index (χ3n) is 4.19. The average Bonchev–Trinajstić information content (AvgIpc) is 2.70. The number of nitrogens with zero attached hydrogens (tertiary/aromatic N) is 1. The molecule has 2 aromatic rings. The summed E-state index contributed by atoms with van der Waals surface area (Å²) in [6, 6.07) is 14.5. The number of amides is 1. The van der Waals surface area contributed by atoms with Gasteiger partial charge in [-0.2, -0.15) is 0 Å². The Morgan fingerprint density at radius 2 is 1.78 bits per heavy atom. The molecule has 0 aromatic heterocycles. The van der Waals surface area contributed by atoms with Crippen molar-refractivity contribution in [1.29, 1.82) is 0 Å². The number of carbonyl (C=O) groups excluding carboxylic acids is 2. The van der Waals surface area contributed by atoms with Gasteiger partial charge in [-0.25, -0.2) is 0 Å². The molecule has 5 nitrogen and oxygen atoms in total. The molecule has 0 saturated heterocycles. The number of para-hydroxylation sites is 1. The molecule has 27 heavy (non-hydrogen) atoms. The summed E-state index contributed by atoms with van der Waals surface area (Å²) in [4.78, 5) is 26.3. The molecule has 0 fully saturated rings. The van der Waals surface area contributed by atoms with Gasteiger partial charge < -0.3 is 14.4 Å². The number of hydrogen-bond donors (Lipinski definition) is 0. The van der Waals surface area contributed by atoms with Crippen LogP contribution in [0.25, 0.3) is 0 Å². The summed E-state index contributed by atoms with van der Waals surface area (Å²) in [7, 11) is 1.34. The molecule has 144 valence electrons. The van der Waals surface area contributed by atoms with E-state index in [0.717, 1.165) is 5.56 Å². The Bertz CT molecular complexity index is 776. The van der Waals surface area contributed by atoms with Crippen LogP contribution in [0.1, 0.15) is 29.8 Å². The largest absolute Gasteiger partial charge is 0.488 e. The number of halogens is 1. The predicted molar refractivity (Wildman–Crippen MR) is 105 cm³/mol. The molecule has 2 aromatic carbocycles. The maximum absolute atomic E-state index is 13.0. The lowest BCUT2D eigenvalue weighted by atomic mass is 10.1. The lowest BCUT2D eigenvalue weighted by molar-refractivity contribution is -0.145. The molecule has 0 N–H and O–H groups in total. The van der Waals surface area contributed by atoms with E-state index in [2.05, 4.69) is 0 Å². The first-order valence-electron chi connectivity index (χ1n) is 8.79. The Kier molecular flexibility index (Phi) is 7.67. The molecule has 2 rings (SSSR count). The molecule has 1 unspecified atom stereocenters. The highest BCUT2D eigenvalue weighted by Gasteiger charge is 2.23. The molecule has 0 aliphatic heterocycles. The van der Waals surface area contributed by atoms with Gasteiger partial charge in [0.25, 0.3) is 5.91 Å². The summed E-state index contributed by atoms with van der Waals surface area (Å²) in [6.45, 7) is 4.70. The molecule has 0 radical (unpaired) electrons. The summed E-state index contributed by atoms with van der Waals surface area (Å²) in [6.07, 6.45) is 0. The van der Waals surface area contributed by atoms with Crippen LogP contribution in [0.3, 0.4) is 0 Å². The molecule has 1 atom stereocenters. The van der Waals surface area contributed by atoms with Crippen molar-refractivity contribution in [3.05, 3.63) is 64.7 Å². The van der Waals surface area contributed by atoms with Crippen LogP contribution in [0, 0.1) is 5.92 Å². The zero-order valence-electron chi connectivity index (χ0n) is 15.8. The molecule has 0 spiro atoms. The van der Waals surface area contributed by atoms with Crippen molar-refractivity contribution in [3.8, 4) is 5.75 Å². The fraction of sp³-hybridized carbons (Fsp3) is 0.333. The van der Waals surface area contributed by atoms with Crippen molar-refractivity contribution < 1.29 is 19.1 Å². The third kappa shape index (κ3) is 5.73. The van der Waals surface area contributed by atoms with Crippen LogP contribution in [0.15, 0.2) is 48.5 Å². The average molecular weight is 390 g/mol. The number of rotatable bonds is 8. The second-order valence-corrected chi connectivity index (χ2v) is 6.62. The molecule has 0 bridgehead atoms. The van der Waals surface area contributed by atoms with E-state index in [4.69, 9.17) is 21.1 Å². The first-order chi connectivity index (χ1) is 13.0. The quantitative estimate of drug-likeness (QED) is 0.635. The summed E-state index contributed by atoms with van der Waals surface area (Å²) in [5.74, 6) is -0.420. The first-order valence-corrected chi connectivity index (χ1v) is 9.17. The Morgan fingerprint density at radius 1 is 1.11 bits per heavy atom. The van der Waals surface area contributed by atoms with E-state index in [9.17, 15) is 9.59 Å². The van der Waals surface area contributed by atoms with Crippen molar-refractivity contribution in [1.82, 2.24) is 4.90 Å². The van der Waals surface area contributed by atoms with E-state index < -0.39 is 5.92 Å². The van der Waals surface area contributed by atoms with E-state index >= 15 is 0 Å². The third-order valence-corrected chi connectivity index (χ3v) is 4.44. The highest BCUT2D eigenvalue weighted by atomic mass is 35.5. The maximum atomic E-state index is 13.0. The zero-order chi connectivity index (χ0) is 19.8. The molecule has 0 heterocycles. The molecule has 0 aliphatic carbocycles. The van der Waals surface area contributed by atoms with Gasteiger partial charge in [-0.1, -0.05) is 42.8 Å². The Balaban J connectivity index is 2.13. The minimum Gasteiger partial charge on any atom is -0.488 e. The van der Waals surface area contributed by atoms with Crippen molar-refractivity contribution in [2.24, 2.45) is 5.92 Å². The normalized spacial score (nSPS) is 11.6. The van der Waals surface area contributed by atoms with Gasteiger partial charge in [-0.3, -0.25) is 9.59 Å². The van der Waals surface area contributed by atoms with Crippen LogP contribution < -0.4 is 4.74 Å². The number of esters is 1. The van der Waals surface area contributed by atoms with Crippen molar-refractivity contribution in [2.45, 2.75) is 20.5 Å². The number of ether oxygens (including phenoxy) is 2. The first kappa shape index (κ1) is 20.8. The van der Waals surface area contributed by atoms with Gasteiger partial charge >= 0.3 is 5.97 Å². The second-order valence-electron chi connectivity index (χ2n) is 6.18. The summed E-state index contributed by atoms with van der Waals surface area (Å²) in [5.41, 5.74) is 1.42. The maximum Gasteiger partial charge on any atom is 0.310 e. The summed E-state index contributed by atoms with van der Waals surface area (Å²) < 4.78 is 10.6. The minimum atomic E-state index is -0.402. The summed E-state index contributed by atoms with van der Waals surface area (Å²) in [5, 5.41) is 0.660. The highest BCUT2D eigenvalue weighted by molar-refractivity contribution is 6.30. The SMILES string of the molecule is CCN(CC(C)C(=O)OC)C(=O)c1ccccc1OCc1ccc(Cl)cc1. The van der Waals surface area contributed by atoms with E-state index in [1.54, 1.807) is 42.2 Å². The van der Waals surface area contributed by atoms with Crippen LogP contribution in [-0.2, 0) is 16.1 Å². The lowest BCUT2D eigenvalue weighted by Crippen LogP contribution is -2.37. The van der Waals surface area contributed by atoms with Crippen LogP contribution in [0.4, 0.5) is 0 Å². The number of methoxy groups -OCH3 is 1. The monoisotopic (exact) mass is 389 g/mol.